The van der Waals surface area contributed by atoms with E-state index < -0.39 is 17.6 Å². The van der Waals surface area contributed by atoms with Crippen molar-refractivity contribution in [1.82, 2.24) is 5.32 Å². The predicted octanol–water partition coefficient (Wildman–Crippen LogP) is 5.41. The summed E-state index contributed by atoms with van der Waals surface area (Å²) in [5.41, 5.74) is -0.869. The minimum absolute atomic E-state index is 0.0538. The molecule has 21 heavy (non-hydrogen) atoms. The van der Waals surface area contributed by atoms with Crippen LogP contribution in [0.1, 0.15) is 29.0 Å². The van der Waals surface area contributed by atoms with Crippen LogP contribution < -0.4 is 5.32 Å². The molecule has 1 aromatic carbocycles. The Morgan fingerprint density at radius 1 is 1.24 bits per heavy atom. The zero-order valence-corrected chi connectivity index (χ0v) is 12.5. The SMILES string of the molecule is CC(NCc1ccc(F)c(C(F)(F)F)c1)c1ccc(Cl)s1. The van der Waals surface area contributed by atoms with Crippen molar-refractivity contribution in [3.63, 3.8) is 0 Å². The van der Waals surface area contributed by atoms with Crippen molar-refractivity contribution in [2.45, 2.75) is 25.7 Å². The standard InChI is InChI=1S/C14H12ClF4NS/c1-8(12-4-5-13(15)21-12)20-7-9-2-3-11(16)10(6-9)14(17,18)19/h2-6,8,20H,7H2,1H3. The number of thiophene rings is 1. The monoisotopic (exact) mass is 337 g/mol. The molecule has 1 N–H and O–H groups in total. The third-order valence-electron chi connectivity index (χ3n) is 2.97. The Kier molecular flexibility index (Phi) is 4.91. The first-order chi connectivity index (χ1) is 9.77. The van der Waals surface area contributed by atoms with Crippen molar-refractivity contribution >= 4 is 22.9 Å². The third kappa shape index (κ3) is 4.18. The minimum atomic E-state index is -4.69. The number of nitrogens with one attached hydrogen (secondary N) is 1. The van der Waals surface area contributed by atoms with Crippen molar-refractivity contribution in [2.75, 3.05) is 0 Å². The van der Waals surface area contributed by atoms with E-state index in [-0.39, 0.29) is 12.6 Å². The maximum Gasteiger partial charge on any atom is 0.419 e. The largest absolute Gasteiger partial charge is 0.419 e. The van der Waals surface area contributed by atoms with Crippen LogP contribution in [0.3, 0.4) is 0 Å². The molecule has 0 amide bonds. The van der Waals surface area contributed by atoms with E-state index in [0.29, 0.717) is 9.90 Å². The lowest BCUT2D eigenvalue weighted by Crippen LogP contribution is -2.18. The maximum atomic E-state index is 13.2. The Labute approximate surface area is 128 Å². The predicted molar refractivity (Wildman–Crippen MR) is 76.0 cm³/mol. The second-order valence-electron chi connectivity index (χ2n) is 4.56. The Hall–Kier alpha value is -1.11. The van der Waals surface area contributed by atoms with Gasteiger partial charge < -0.3 is 5.32 Å². The zero-order valence-electron chi connectivity index (χ0n) is 11.0. The summed E-state index contributed by atoms with van der Waals surface area (Å²) in [5.74, 6) is -1.26. The summed E-state index contributed by atoms with van der Waals surface area (Å²) >= 11 is 7.24. The second-order valence-corrected chi connectivity index (χ2v) is 6.30. The fourth-order valence-corrected chi connectivity index (χ4v) is 2.92. The number of rotatable bonds is 4. The number of halogens is 5. The first kappa shape index (κ1) is 16.3. The molecule has 0 spiro atoms. The Morgan fingerprint density at radius 3 is 2.52 bits per heavy atom. The summed E-state index contributed by atoms with van der Waals surface area (Å²) < 4.78 is 51.7. The summed E-state index contributed by atoms with van der Waals surface area (Å²) in [6.07, 6.45) is -4.69. The molecular formula is C14H12ClF4NS. The van der Waals surface area contributed by atoms with Crippen molar-refractivity contribution in [3.05, 3.63) is 56.5 Å². The van der Waals surface area contributed by atoms with Gasteiger partial charge in [-0.15, -0.1) is 11.3 Å². The molecule has 0 radical (unpaired) electrons. The van der Waals surface area contributed by atoms with Crippen LogP contribution in [-0.4, -0.2) is 0 Å². The molecule has 0 aliphatic heterocycles. The average molecular weight is 338 g/mol. The summed E-state index contributed by atoms with van der Waals surface area (Å²) in [6.45, 7) is 2.09. The van der Waals surface area contributed by atoms with E-state index in [0.717, 1.165) is 17.0 Å². The Balaban J connectivity index is 2.07. The van der Waals surface area contributed by atoms with Gasteiger partial charge in [0.2, 0.25) is 0 Å². The molecule has 7 heteroatoms. The van der Waals surface area contributed by atoms with Gasteiger partial charge in [-0.25, -0.2) is 4.39 Å². The van der Waals surface area contributed by atoms with E-state index in [4.69, 9.17) is 11.6 Å². The van der Waals surface area contributed by atoms with E-state index in [9.17, 15) is 17.6 Å². The molecular weight excluding hydrogens is 326 g/mol. The van der Waals surface area contributed by atoms with Gasteiger partial charge in [-0.2, -0.15) is 13.2 Å². The highest BCUT2D eigenvalue weighted by Crippen LogP contribution is 2.32. The van der Waals surface area contributed by atoms with Gasteiger partial charge in [0.1, 0.15) is 5.82 Å². The number of alkyl halides is 3. The summed E-state index contributed by atoms with van der Waals surface area (Å²) in [4.78, 5) is 0.984. The summed E-state index contributed by atoms with van der Waals surface area (Å²) in [5, 5.41) is 3.09. The van der Waals surface area contributed by atoms with Gasteiger partial charge in [0.15, 0.2) is 0 Å². The second kappa shape index (κ2) is 6.34. The lowest BCUT2D eigenvalue weighted by Gasteiger charge is -2.14. The van der Waals surface area contributed by atoms with Gasteiger partial charge in [0, 0.05) is 17.5 Å². The molecule has 114 valence electrons. The van der Waals surface area contributed by atoms with Crippen LogP contribution in [0.4, 0.5) is 17.6 Å². The van der Waals surface area contributed by atoms with Gasteiger partial charge in [0.25, 0.3) is 0 Å². The molecule has 1 heterocycles. The summed E-state index contributed by atoms with van der Waals surface area (Å²) in [6, 6.07) is 6.58. The first-order valence-corrected chi connectivity index (χ1v) is 7.31. The van der Waals surface area contributed by atoms with Crippen molar-refractivity contribution < 1.29 is 17.6 Å². The smallest absolute Gasteiger partial charge is 0.305 e. The molecule has 0 saturated heterocycles. The van der Waals surface area contributed by atoms with Gasteiger partial charge in [-0.05, 0) is 36.8 Å². The molecule has 1 nitrogen and oxygen atoms in total. The van der Waals surface area contributed by atoms with Crippen molar-refractivity contribution in [3.8, 4) is 0 Å². The summed E-state index contributed by atoms with van der Waals surface area (Å²) in [7, 11) is 0. The molecule has 1 aromatic heterocycles. The molecule has 2 aromatic rings. The van der Waals surface area contributed by atoms with Crippen molar-refractivity contribution in [2.24, 2.45) is 0 Å². The molecule has 0 saturated carbocycles. The van der Waals surface area contributed by atoms with Crippen LogP contribution >= 0.6 is 22.9 Å². The Bertz CT molecular complexity index is 624. The normalized spacial score (nSPS) is 13.4. The third-order valence-corrected chi connectivity index (χ3v) is 4.38. The van der Waals surface area contributed by atoms with E-state index in [1.54, 1.807) is 6.07 Å². The van der Waals surface area contributed by atoms with Crippen molar-refractivity contribution in [1.29, 1.82) is 0 Å². The number of hydrogen-bond donors (Lipinski definition) is 1. The van der Waals surface area contributed by atoms with Crippen LogP contribution in [0, 0.1) is 5.82 Å². The molecule has 0 bridgehead atoms. The lowest BCUT2D eigenvalue weighted by atomic mass is 10.1. The van der Waals surface area contributed by atoms with Crippen LogP contribution in [0.15, 0.2) is 30.3 Å². The zero-order chi connectivity index (χ0) is 15.6. The molecule has 0 aliphatic rings. The van der Waals surface area contributed by atoms with Crippen LogP contribution in [0.2, 0.25) is 4.34 Å². The van der Waals surface area contributed by atoms with Gasteiger partial charge >= 0.3 is 6.18 Å². The fraction of sp³-hybridized carbons (Fsp3) is 0.286. The van der Waals surface area contributed by atoms with E-state index in [1.165, 1.54) is 17.4 Å². The van der Waals surface area contributed by atoms with Gasteiger partial charge in [-0.3, -0.25) is 0 Å². The highest BCUT2D eigenvalue weighted by molar-refractivity contribution is 7.16. The van der Waals surface area contributed by atoms with Gasteiger partial charge in [-0.1, -0.05) is 17.7 Å². The highest BCUT2D eigenvalue weighted by Gasteiger charge is 2.34. The van der Waals surface area contributed by atoms with E-state index in [2.05, 4.69) is 5.32 Å². The fourth-order valence-electron chi connectivity index (χ4n) is 1.83. The maximum absolute atomic E-state index is 13.2. The lowest BCUT2D eigenvalue weighted by molar-refractivity contribution is -0.140. The van der Waals surface area contributed by atoms with Gasteiger partial charge in [0.05, 0.1) is 9.90 Å². The molecule has 1 atom stereocenters. The average Bonchev–Trinajstić information content (AvgIpc) is 2.83. The quantitative estimate of drug-likeness (QED) is 0.735. The highest BCUT2D eigenvalue weighted by atomic mass is 35.5. The molecule has 2 rings (SSSR count). The minimum Gasteiger partial charge on any atom is -0.305 e. The molecule has 0 fully saturated rings. The molecule has 1 unspecified atom stereocenters. The number of hydrogen-bond acceptors (Lipinski definition) is 2. The van der Waals surface area contributed by atoms with Crippen LogP contribution in [0.5, 0.6) is 0 Å². The molecule has 0 aliphatic carbocycles. The van der Waals surface area contributed by atoms with Crippen LogP contribution in [-0.2, 0) is 12.7 Å². The van der Waals surface area contributed by atoms with Crippen LogP contribution in [0.25, 0.3) is 0 Å². The topological polar surface area (TPSA) is 12.0 Å². The first-order valence-electron chi connectivity index (χ1n) is 6.11. The van der Waals surface area contributed by atoms with E-state index in [1.807, 2.05) is 13.0 Å². The number of benzene rings is 1. The Morgan fingerprint density at radius 2 is 1.95 bits per heavy atom. The van der Waals surface area contributed by atoms with E-state index >= 15 is 0 Å².